The maximum absolute atomic E-state index is 14.8. The molecule has 4 rings (SSSR count). The second-order valence-corrected chi connectivity index (χ2v) is 10.3. The fourth-order valence-electron chi connectivity index (χ4n) is 5.24. The van der Waals surface area contributed by atoms with Crippen molar-refractivity contribution >= 4 is 23.4 Å². The van der Waals surface area contributed by atoms with Gasteiger partial charge in [0.2, 0.25) is 17.7 Å². The van der Waals surface area contributed by atoms with Crippen LogP contribution in [0.3, 0.4) is 0 Å². The van der Waals surface area contributed by atoms with Gasteiger partial charge in [0.25, 0.3) is 0 Å². The number of fused-ring (bicyclic) bond motifs is 2. The number of benzene rings is 1. The van der Waals surface area contributed by atoms with Crippen molar-refractivity contribution in [1.29, 1.82) is 5.26 Å². The average molecular weight is 470 g/mol. The van der Waals surface area contributed by atoms with Crippen LogP contribution in [0.2, 0.25) is 0 Å². The smallest absolute Gasteiger partial charge is 0.246 e. The Kier molecular flexibility index (Phi) is 6.38. The summed E-state index contributed by atoms with van der Waals surface area (Å²) in [5, 5.41) is 12.7. The summed E-state index contributed by atoms with van der Waals surface area (Å²) in [6.07, 6.45) is 1.33. The van der Waals surface area contributed by atoms with Gasteiger partial charge in [0, 0.05) is 45.1 Å². The summed E-state index contributed by atoms with van der Waals surface area (Å²) in [7, 11) is 1.53. The lowest BCUT2D eigenvalue weighted by Gasteiger charge is -2.35. The molecule has 1 aromatic rings. The van der Waals surface area contributed by atoms with E-state index in [1.165, 1.54) is 30.7 Å². The number of amides is 3. The zero-order valence-electron chi connectivity index (χ0n) is 20.0. The first-order chi connectivity index (χ1) is 16.1. The van der Waals surface area contributed by atoms with Crippen LogP contribution in [0.5, 0.6) is 0 Å². The van der Waals surface area contributed by atoms with Crippen LogP contribution in [0.1, 0.15) is 45.1 Å². The summed E-state index contributed by atoms with van der Waals surface area (Å²) in [5.74, 6) is -0.974. The molecule has 0 aliphatic carbocycles. The van der Waals surface area contributed by atoms with Gasteiger partial charge in [-0.2, -0.15) is 5.26 Å². The summed E-state index contributed by atoms with van der Waals surface area (Å²) in [6.45, 7) is 5.29. The number of rotatable bonds is 7. The molecule has 9 heteroatoms. The maximum atomic E-state index is 14.8. The van der Waals surface area contributed by atoms with Gasteiger partial charge in [-0.15, -0.1) is 0 Å². The molecule has 2 saturated heterocycles. The van der Waals surface area contributed by atoms with E-state index in [-0.39, 0.29) is 37.6 Å². The second-order valence-electron chi connectivity index (χ2n) is 10.3. The summed E-state index contributed by atoms with van der Waals surface area (Å²) in [4.78, 5) is 44.6. The highest BCUT2D eigenvalue weighted by atomic mass is 19.1. The Hall–Kier alpha value is -2.99. The fraction of sp³-hybridized carbons (Fsp3) is 0.600. The molecule has 1 spiro atoms. The Morgan fingerprint density at radius 3 is 2.68 bits per heavy atom. The van der Waals surface area contributed by atoms with Crippen molar-refractivity contribution in [3.8, 4) is 6.07 Å². The van der Waals surface area contributed by atoms with Crippen LogP contribution in [0.4, 0.5) is 10.1 Å². The molecule has 1 N–H and O–H groups in total. The first kappa shape index (κ1) is 24.1. The Labute approximate surface area is 199 Å². The molecule has 3 aliphatic rings. The van der Waals surface area contributed by atoms with Crippen molar-refractivity contribution in [2.75, 3.05) is 38.5 Å². The van der Waals surface area contributed by atoms with E-state index in [2.05, 4.69) is 16.3 Å². The maximum Gasteiger partial charge on any atom is 0.246 e. The molecule has 0 aromatic heterocycles. The number of halogens is 1. The van der Waals surface area contributed by atoms with Crippen LogP contribution < -0.4 is 5.32 Å². The highest BCUT2D eigenvalue weighted by Gasteiger charge is 2.56. The van der Waals surface area contributed by atoms with Crippen molar-refractivity contribution in [2.24, 2.45) is 0 Å². The lowest BCUT2D eigenvalue weighted by atomic mass is 9.80. The number of hydrogen-bond acceptors (Lipinski definition) is 5. The summed E-state index contributed by atoms with van der Waals surface area (Å²) < 4.78 is 14.8. The molecule has 182 valence electrons. The molecular weight excluding hydrogens is 437 g/mol. The molecule has 1 aromatic carbocycles. The van der Waals surface area contributed by atoms with Crippen molar-refractivity contribution in [2.45, 2.75) is 62.7 Å². The van der Waals surface area contributed by atoms with Gasteiger partial charge < -0.3 is 20.0 Å². The number of nitrogens with one attached hydrogen (secondary N) is 1. The third kappa shape index (κ3) is 4.39. The molecular formula is C25H32FN5O3. The third-order valence-corrected chi connectivity index (χ3v) is 7.33. The Morgan fingerprint density at radius 2 is 2.06 bits per heavy atom. The lowest BCUT2D eigenvalue weighted by Crippen LogP contribution is -2.53. The molecule has 34 heavy (non-hydrogen) atoms. The standard InChI is InChI=1S/C25H32FN5O3/c1-24(2,26)14-20(29(3)21(32)9-12-30-10-6-11-30)22(33)31-16-25(13-17(31)15-27)18-7-4-5-8-19(18)28-23(25)34/h4-5,7-8,17,20H,6,9-14,16H2,1-3H3,(H,28,34)/t17-,20-,25-/m0/s1. The molecule has 0 radical (unpaired) electrons. The molecule has 0 saturated carbocycles. The first-order valence-electron chi connectivity index (χ1n) is 11.8. The lowest BCUT2D eigenvalue weighted by molar-refractivity contribution is -0.146. The predicted molar refractivity (Wildman–Crippen MR) is 125 cm³/mol. The van der Waals surface area contributed by atoms with Gasteiger partial charge in [-0.3, -0.25) is 14.4 Å². The monoisotopic (exact) mass is 469 g/mol. The number of nitriles is 1. The Balaban J connectivity index is 1.58. The number of alkyl halides is 1. The number of likely N-dealkylation sites (tertiary alicyclic amines) is 2. The minimum Gasteiger partial charge on any atom is -0.334 e. The van der Waals surface area contributed by atoms with Gasteiger partial charge in [0.1, 0.15) is 17.8 Å². The normalized spacial score (nSPS) is 24.9. The van der Waals surface area contributed by atoms with E-state index in [0.717, 1.165) is 25.1 Å². The highest BCUT2D eigenvalue weighted by molar-refractivity contribution is 6.07. The number of anilines is 1. The van der Waals surface area contributed by atoms with Crippen LogP contribution in [-0.2, 0) is 19.8 Å². The van der Waals surface area contributed by atoms with Crippen molar-refractivity contribution < 1.29 is 18.8 Å². The Morgan fingerprint density at radius 1 is 1.35 bits per heavy atom. The zero-order valence-corrected chi connectivity index (χ0v) is 20.0. The van der Waals surface area contributed by atoms with E-state index in [1.807, 2.05) is 18.2 Å². The molecule has 3 heterocycles. The van der Waals surface area contributed by atoms with E-state index in [0.29, 0.717) is 12.2 Å². The molecule has 3 atom stereocenters. The largest absolute Gasteiger partial charge is 0.334 e. The van der Waals surface area contributed by atoms with Gasteiger partial charge in [-0.1, -0.05) is 18.2 Å². The fourth-order valence-corrected chi connectivity index (χ4v) is 5.24. The van der Waals surface area contributed by atoms with E-state index in [1.54, 1.807) is 6.07 Å². The summed E-state index contributed by atoms with van der Waals surface area (Å²) in [5.41, 5.74) is -1.29. The van der Waals surface area contributed by atoms with E-state index in [4.69, 9.17) is 0 Å². The van der Waals surface area contributed by atoms with Crippen molar-refractivity contribution in [3.05, 3.63) is 29.8 Å². The van der Waals surface area contributed by atoms with Crippen molar-refractivity contribution in [3.63, 3.8) is 0 Å². The first-order valence-corrected chi connectivity index (χ1v) is 11.8. The van der Waals surface area contributed by atoms with Gasteiger partial charge in [-0.25, -0.2) is 4.39 Å². The number of hydrogen-bond donors (Lipinski definition) is 1. The number of carbonyl (C=O) groups is 3. The van der Waals surface area contributed by atoms with E-state index >= 15 is 0 Å². The highest BCUT2D eigenvalue weighted by Crippen LogP contribution is 2.46. The van der Waals surface area contributed by atoms with Gasteiger partial charge >= 0.3 is 0 Å². The average Bonchev–Trinajstić information content (AvgIpc) is 3.28. The minimum atomic E-state index is -1.71. The second kappa shape index (κ2) is 8.99. The molecule has 2 fully saturated rings. The zero-order chi connectivity index (χ0) is 24.7. The van der Waals surface area contributed by atoms with Gasteiger partial charge in [0.15, 0.2) is 0 Å². The number of para-hydroxylation sites is 1. The number of nitrogens with zero attached hydrogens (tertiary/aromatic N) is 4. The van der Waals surface area contributed by atoms with Crippen LogP contribution in [0, 0.1) is 11.3 Å². The molecule has 0 bridgehead atoms. The molecule has 8 nitrogen and oxygen atoms in total. The SMILES string of the molecule is CN(C(=O)CCN1CCC1)[C@@H](CC(C)(C)F)C(=O)N1C[C@]2(C[C@H]1C#N)C(=O)Nc1ccccc12. The Bertz CT molecular complexity index is 1030. The quantitative estimate of drug-likeness (QED) is 0.660. The minimum absolute atomic E-state index is 0.0198. The molecule has 3 amide bonds. The van der Waals surface area contributed by atoms with E-state index < -0.39 is 29.1 Å². The molecule has 3 aliphatic heterocycles. The summed E-state index contributed by atoms with van der Waals surface area (Å²) >= 11 is 0. The number of carbonyl (C=O) groups excluding carboxylic acids is 3. The van der Waals surface area contributed by atoms with Gasteiger partial charge in [0.05, 0.1) is 11.5 Å². The van der Waals surface area contributed by atoms with E-state index in [9.17, 15) is 24.0 Å². The third-order valence-electron chi connectivity index (χ3n) is 7.33. The van der Waals surface area contributed by atoms with Crippen LogP contribution in [0.15, 0.2) is 24.3 Å². The van der Waals surface area contributed by atoms with Crippen LogP contribution >= 0.6 is 0 Å². The predicted octanol–water partition coefficient (Wildman–Crippen LogP) is 2.06. The van der Waals surface area contributed by atoms with Crippen molar-refractivity contribution in [1.82, 2.24) is 14.7 Å². The van der Waals surface area contributed by atoms with Crippen LogP contribution in [-0.4, -0.2) is 83.4 Å². The van der Waals surface area contributed by atoms with Crippen LogP contribution in [0.25, 0.3) is 0 Å². The topological polar surface area (TPSA) is 96.8 Å². The summed E-state index contributed by atoms with van der Waals surface area (Å²) in [6, 6.07) is 7.53. The number of likely N-dealkylation sites (N-methyl/N-ethyl adjacent to an activating group) is 1. The molecule has 0 unspecified atom stereocenters. The van der Waals surface area contributed by atoms with Gasteiger partial charge in [-0.05, 0) is 45.0 Å².